The van der Waals surface area contributed by atoms with Crippen molar-refractivity contribution in [3.05, 3.63) is 41.0 Å². The molecular formula is C20H19F6N5O3. The zero-order valence-corrected chi connectivity index (χ0v) is 17.4. The van der Waals surface area contributed by atoms with Gasteiger partial charge in [-0.05, 0) is 37.8 Å². The summed E-state index contributed by atoms with van der Waals surface area (Å²) in [6, 6.07) is 2.33. The molecule has 0 spiro atoms. The van der Waals surface area contributed by atoms with E-state index in [1.165, 1.54) is 6.07 Å². The van der Waals surface area contributed by atoms with Gasteiger partial charge < -0.3 is 15.8 Å². The number of carbonyl (C=O) groups is 2. The van der Waals surface area contributed by atoms with Gasteiger partial charge in [0.1, 0.15) is 17.0 Å². The van der Waals surface area contributed by atoms with Crippen LogP contribution in [0.5, 0.6) is 0 Å². The first kappa shape index (κ1) is 24.0. The largest absolute Gasteiger partial charge is 0.420 e. The lowest BCUT2D eigenvalue weighted by Crippen LogP contribution is -2.30. The molecule has 1 aliphatic heterocycles. The summed E-state index contributed by atoms with van der Waals surface area (Å²) in [6.07, 6.45) is -11.0. The Morgan fingerprint density at radius 1 is 1.15 bits per heavy atom. The number of anilines is 1. The minimum atomic E-state index is -4.94. The normalized spacial score (nSPS) is 21.0. The first-order valence-corrected chi connectivity index (χ1v) is 10.3. The van der Waals surface area contributed by atoms with Crippen LogP contribution < -0.4 is 11.1 Å². The van der Waals surface area contributed by atoms with E-state index < -0.39 is 60.1 Å². The molecule has 2 amide bonds. The van der Waals surface area contributed by atoms with Crippen molar-refractivity contribution in [2.45, 2.75) is 62.7 Å². The number of carbonyl (C=O) groups excluding carboxylic acids is 2. The molecule has 1 saturated heterocycles. The second-order valence-electron chi connectivity index (χ2n) is 8.18. The molecule has 2 aromatic heterocycles. The lowest BCUT2D eigenvalue weighted by Gasteiger charge is -2.17. The number of alkyl halides is 6. The molecule has 184 valence electrons. The van der Waals surface area contributed by atoms with Crippen molar-refractivity contribution in [2.75, 3.05) is 5.32 Å². The van der Waals surface area contributed by atoms with Crippen LogP contribution in [-0.4, -0.2) is 45.0 Å². The molecular weight excluding hydrogens is 472 g/mol. The van der Waals surface area contributed by atoms with Crippen molar-refractivity contribution >= 4 is 17.5 Å². The third-order valence-corrected chi connectivity index (χ3v) is 5.56. The van der Waals surface area contributed by atoms with Gasteiger partial charge in [0.15, 0.2) is 6.10 Å². The van der Waals surface area contributed by atoms with Crippen LogP contribution in [0, 0.1) is 0 Å². The van der Waals surface area contributed by atoms with E-state index in [-0.39, 0.29) is 29.9 Å². The van der Waals surface area contributed by atoms with E-state index in [0.717, 1.165) is 16.9 Å². The van der Waals surface area contributed by atoms with Crippen LogP contribution in [0.4, 0.5) is 32.0 Å². The number of primary amides is 1. The topological polar surface area (TPSA) is 112 Å². The SMILES string of the molecule is NC(=O)c1cc(NC(=O)c2c(C(F)(F)F)c(C3CC3)nn2CC2CCC(C(F)(F)F)O2)ccn1. The van der Waals surface area contributed by atoms with E-state index in [0.29, 0.717) is 12.8 Å². The minimum absolute atomic E-state index is 0.0445. The maximum absolute atomic E-state index is 14.0. The molecule has 3 heterocycles. The molecule has 0 bridgehead atoms. The van der Waals surface area contributed by atoms with Crippen molar-refractivity contribution in [3.8, 4) is 0 Å². The number of rotatable bonds is 6. The average molecular weight is 491 g/mol. The fourth-order valence-corrected chi connectivity index (χ4v) is 3.87. The van der Waals surface area contributed by atoms with Crippen LogP contribution >= 0.6 is 0 Å². The molecule has 8 nitrogen and oxygen atoms in total. The Kier molecular flexibility index (Phi) is 6.04. The number of aromatic nitrogens is 3. The van der Waals surface area contributed by atoms with Gasteiger partial charge >= 0.3 is 12.4 Å². The summed E-state index contributed by atoms with van der Waals surface area (Å²) >= 11 is 0. The van der Waals surface area contributed by atoms with E-state index in [4.69, 9.17) is 10.5 Å². The molecule has 1 aliphatic carbocycles. The lowest BCUT2D eigenvalue weighted by atomic mass is 10.1. The number of hydrogen-bond donors (Lipinski definition) is 2. The van der Waals surface area contributed by atoms with E-state index in [1.807, 2.05) is 0 Å². The summed E-state index contributed by atoms with van der Waals surface area (Å²) < 4.78 is 86.7. The third kappa shape index (κ3) is 5.00. The molecule has 0 radical (unpaired) electrons. The van der Waals surface area contributed by atoms with Crippen molar-refractivity contribution in [1.29, 1.82) is 0 Å². The first-order chi connectivity index (χ1) is 15.8. The van der Waals surface area contributed by atoms with Gasteiger partial charge in [0.2, 0.25) is 0 Å². The van der Waals surface area contributed by atoms with Crippen LogP contribution in [0.2, 0.25) is 0 Å². The minimum Gasteiger partial charge on any atom is -0.364 e. The zero-order valence-electron chi connectivity index (χ0n) is 17.4. The summed E-state index contributed by atoms with van der Waals surface area (Å²) in [5.41, 5.74) is 2.47. The second-order valence-corrected chi connectivity index (χ2v) is 8.18. The lowest BCUT2D eigenvalue weighted by molar-refractivity contribution is -0.215. The molecule has 1 saturated carbocycles. The molecule has 14 heteroatoms. The van der Waals surface area contributed by atoms with Gasteiger partial charge in [0.05, 0.1) is 18.3 Å². The van der Waals surface area contributed by atoms with Gasteiger partial charge in [-0.25, -0.2) is 0 Å². The fourth-order valence-electron chi connectivity index (χ4n) is 3.87. The van der Waals surface area contributed by atoms with Crippen molar-refractivity contribution in [3.63, 3.8) is 0 Å². The highest BCUT2D eigenvalue weighted by Crippen LogP contribution is 2.47. The van der Waals surface area contributed by atoms with E-state index >= 15 is 0 Å². The highest BCUT2D eigenvalue weighted by Gasteiger charge is 2.48. The molecule has 2 fully saturated rings. The number of pyridine rings is 1. The highest BCUT2D eigenvalue weighted by atomic mass is 19.4. The van der Waals surface area contributed by atoms with E-state index in [9.17, 15) is 35.9 Å². The molecule has 2 atom stereocenters. The first-order valence-electron chi connectivity index (χ1n) is 10.3. The smallest absolute Gasteiger partial charge is 0.364 e. The van der Waals surface area contributed by atoms with Crippen molar-refractivity contribution < 1.29 is 40.7 Å². The van der Waals surface area contributed by atoms with Crippen LogP contribution in [0.15, 0.2) is 18.3 Å². The molecule has 2 aromatic rings. The highest BCUT2D eigenvalue weighted by molar-refractivity contribution is 6.05. The zero-order chi connectivity index (χ0) is 24.8. The Morgan fingerprint density at radius 2 is 1.85 bits per heavy atom. The Morgan fingerprint density at radius 3 is 2.41 bits per heavy atom. The molecule has 4 rings (SSSR count). The van der Waals surface area contributed by atoms with Gasteiger partial charge in [-0.15, -0.1) is 0 Å². The van der Waals surface area contributed by atoms with Crippen molar-refractivity contribution in [1.82, 2.24) is 14.8 Å². The molecule has 3 N–H and O–H groups in total. The van der Waals surface area contributed by atoms with Crippen LogP contribution in [-0.2, 0) is 17.5 Å². The van der Waals surface area contributed by atoms with Gasteiger partial charge in [-0.3, -0.25) is 19.3 Å². The number of hydrogen-bond acceptors (Lipinski definition) is 5. The van der Waals surface area contributed by atoms with E-state index in [1.54, 1.807) is 0 Å². The summed E-state index contributed by atoms with van der Waals surface area (Å²) in [6.45, 7) is -0.464. The quantitative estimate of drug-likeness (QED) is 0.600. The van der Waals surface area contributed by atoms with Crippen molar-refractivity contribution in [2.24, 2.45) is 5.73 Å². The maximum atomic E-state index is 14.0. The number of amides is 2. The Balaban J connectivity index is 1.69. The maximum Gasteiger partial charge on any atom is 0.420 e. The van der Waals surface area contributed by atoms with Crippen LogP contribution in [0.25, 0.3) is 0 Å². The summed E-state index contributed by atoms with van der Waals surface area (Å²) in [5.74, 6) is -2.61. The predicted molar refractivity (Wildman–Crippen MR) is 104 cm³/mol. The molecule has 0 aromatic carbocycles. The summed E-state index contributed by atoms with van der Waals surface area (Å²) in [4.78, 5) is 28.0. The number of nitrogens with zero attached hydrogens (tertiary/aromatic N) is 3. The van der Waals surface area contributed by atoms with Gasteiger partial charge in [0.25, 0.3) is 11.8 Å². The Labute approximate surface area is 188 Å². The Bertz CT molecular complexity index is 1110. The summed E-state index contributed by atoms with van der Waals surface area (Å²) in [7, 11) is 0. The average Bonchev–Trinajstić information content (AvgIpc) is 3.32. The third-order valence-electron chi connectivity index (χ3n) is 5.56. The predicted octanol–water partition coefficient (Wildman–Crippen LogP) is 3.64. The molecule has 2 aliphatic rings. The number of nitrogens with two attached hydrogens (primary N) is 1. The van der Waals surface area contributed by atoms with Crippen LogP contribution in [0.3, 0.4) is 0 Å². The number of nitrogens with one attached hydrogen (secondary N) is 1. The van der Waals surface area contributed by atoms with Gasteiger partial charge in [-0.1, -0.05) is 0 Å². The number of ether oxygens (including phenoxy) is 1. The second kappa shape index (κ2) is 8.56. The number of halogens is 6. The Hall–Kier alpha value is -3.16. The monoisotopic (exact) mass is 491 g/mol. The van der Waals surface area contributed by atoms with Gasteiger partial charge in [0, 0.05) is 17.8 Å². The fraction of sp³-hybridized carbons (Fsp3) is 0.500. The molecule has 2 unspecified atom stereocenters. The van der Waals surface area contributed by atoms with Crippen LogP contribution in [0.1, 0.15) is 63.8 Å². The van der Waals surface area contributed by atoms with E-state index in [2.05, 4.69) is 15.4 Å². The molecule has 34 heavy (non-hydrogen) atoms. The standard InChI is InChI=1S/C20H19F6N5O3/c21-19(22,23)13-4-3-11(34-13)8-31-16(14(20(24,25)26)15(30-31)9-1-2-9)18(33)29-10-5-6-28-12(7-10)17(27)32/h5-7,9,11,13H,1-4,8H2,(H2,27,32)(H,28,29,33). The summed E-state index contributed by atoms with van der Waals surface area (Å²) in [5, 5.41) is 6.25. The van der Waals surface area contributed by atoms with Gasteiger partial charge in [-0.2, -0.15) is 31.4 Å².